The Hall–Kier alpha value is -2.15. The van der Waals surface area contributed by atoms with Gasteiger partial charge in [0, 0.05) is 25.3 Å². The van der Waals surface area contributed by atoms with E-state index >= 15 is 0 Å². The number of nitrogens with one attached hydrogen (secondary N) is 1. The van der Waals surface area contributed by atoms with E-state index in [0.29, 0.717) is 18.8 Å². The van der Waals surface area contributed by atoms with Gasteiger partial charge in [-0.1, -0.05) is 0 Å². The quantitative estimate of drug-likeness (QED) is 0.679. The van der Waals surface area contributed by atoms with Crippen LogP contribution in [-0.4, -0.2) is 48.1 Å². The van der Waals surface area contributed by atoms with Crippen molar-refractivity contribution in [2.45, 2.75) is 26.0 Å². The van der Waals surface area contributed by atoms with Crippen LogP contribution in [0.4, 0.5) is 11.4 Å². The van der Waals surface area contributed by atoms with Crippen LogP contribution >= 0.6 is 0 Å². The number of nitrogens with zero attached hydrogens (tertiary/aromatic N) is 2. The zero-order valence-corrected chi connectivity index (χ0v) is 12.3. The monoisotopic (exact) mass is 293 g/mol. The van der Waals surface area contributed by atoms with Gasteiger partial charge in [0.05, 0.1) is 23.7 Å². The highest BCUT2D eigenvalue weighted by molar-refractivity contribution is 5.99. The minimum absolute atomic E-state index is 0.0725. The van der Waals surface area contributed by atoms with E-state index in [1.54, 1.807) is 18.0 Å². The van der Waals surface area contributed by atoms with Gasteiger partial charge in [-0.05, 0) is 26.0 Å². The molecule has 7 heteroatoms. The van der Waals surface area contributed by atoms with Crippen molar-refractivity contribution in [1.82, 2.24) is 4.90 Å². The van der Waals surface area contributed by atoms with E-state index in [4.69, 9.17) is 4.74 Å². The molecule has 1 aliphatic rings. The van der Waals surface area contributed by atoms with Crippen molar-refractivity contribution < 1.29 is 14.5 Å². The summed E-state index contributed by atoms with van der Waals surface area (Å²) in [6.07, 6.45) is -0.0725. The molecule has 2 unspecified atom stereocenters. The van der Waals surface area contributed by atoms with E-state index in [0.717, 1.165) is 0 Å². The first-order valence-corrected chi connectivity index (χ1v) is 6.82. The maximum absolute atomic E-state index is 12.7. The van der Waals surface area contributed by atoms with Crippen LogP contribution < -0.4 is 5.32 Å². The summed E-state index contributed by atoms with van der Waals surface area (Å²) in [5.41, 5.74) is 0.594. The van der Waals surface area contributed by atoms with Crippen LogP contribution in [0.5, 0.6) is 0 Å². The Morgan fingerprint density at radius 3 is 2.81 bits per heavy atom. The standard InChI is InChI=1S/C14H19N3O4/c1-9-8-21-10(2)7-16(9)14(18)12-6-11(15-3)4-5-13(12)17(19)20/h4-6,9-10,15H,7-8H2,1-3H3. The summed E-state index contributed by atoms with van der Waals surface area (Å²) in [5, 5.41) is 14.0. The van der Waals surface area contributed by atoms with E-state index in [-0.39, 0.29) is 29.3 Å². The van der Waals surface area contributed by atoms with Crippen molar-refractivity contribution in [3.8, 4) is 0 Å². The predicted octanol–water partition coefficient (Wildman–Crippen LogP) is 1.89. The van der Waals surface area contributed by atoms with E-state index in [9.17, 15) is 14.9 Å². The smallest absolute Gasteiger partial charge is 0.282 e. The Kier molecular flexibility index (Phi) is 4.42. The number of carbonyl (C=O) groups excluding carboxylic acids is 1. The average Bonchev–Trinajstić information content (AvgIpc) is 2.48. The first-order valence-electron chi connectivity index (χ1n) is 6.82. The fourth-order valence-corrected chi connectivity index (χ4v) is 2.36. The lowest BCUT2D eigenvalue weighted by molar-refractivity contribution is -0.385. The molecule has 1 N–H and O–H groups in total. The molecule has 0 aromatic heterocycles. The molecule has 7 nitrogen and oxygen atoms in total. The third kappa shape index (κ3) is 3.13. The highest BCUT2D eigenvalue weighted by atomic mass is 16.6. The van der Waals surface area contributed by atoms with Gasteiger partial charge >= 0.3 is 0 Å². The summed E-state index contributed by atoms with van der Waals surface area (Å²) in [7, 11) is 1.70. The molecule has 0 radical (unpaired) electrons. The summed E-state index contributed by atoms with van der Waals surface area (Å²) < 4.78 is 5.49. The number of benzene rings is 1. The van der Waals surface area contributed by atoms with Crippen LogP contribution in [0.3, 0.4) is 0 Å². The van der Waals surface area contributed by atoms with Crippen molar-refractivity contribution in [1.29, 1.82) is 0 Å². The van der Waals surface area contributed by atoms with Crippen LogP contribution in [-0.2, 0) is 4.74 Å². The summed E-state index contributed by atoms with van der Waals surface area (Å²) >= 11 is 0. The lowest BCUT2D eigenvalue weighted by Crippen LogP contribution is -2.50. The molecular formula is C14H19N3O4. The molecule has 1 aromatic rings. The molecule has 1 aromatic carbocycles. The molecule has 114 valence electrons. The van der Waals surface area contributed by atoms with Gasteiger partial charge in [0.15, 0.2) is 0 Å². The summed E-state index contributed by atoms with van der Waals surface area (Å²) in [4.78, 5) is 24.9. The number of carbonyl (C=O) groups is 1. The van der Waals surface area contributed by atoms with Gasteiger partial charge in [-0.15, -0.1) is 0 Å². The minimum Gasteiger partial charge on any atom is -0.388 e. The number of hydrogen-bond donors (Lipinski definition) is 1. The lowest BCUT2D eigenvalue weighted by Gasteiger charge is -2.36. The molecule has 0 spiro atoms. The zero-order chi connectivity index (χ0) is 15.6. The largest absolute Gasteiger partial charge is 0.388 e. The van der Waals surface area contributed by atoms with Gasteiger partial charge in [-0.25, -0.2) is 0 Å². The number of morpholine rings is 1. The Balaban J connectivity index is 2.39. The highest BCUT2D eigenvalue weighted by Crippen LogP contribution is 2.26. The second-order valence-corrected chi connectivity index (χ2v) is 5.19. The predicted molar refractivity (Wildman–Crippen MR) is 78.6 cm³/mol. The fraction of sp³-hybridized carbons (Fsp3) is 0.500. The van der Waals surface area contributed by atoms with Crippen molar-refractivity contribution in [2.75, 3.05) is 25.5 Å². The Morgan fingerprint density at radius 1 is 1.48 bits per heavy atom. The van der Waals surface area contributed by atoms with Gasteiger partial charge in [-0.3, -0.25) is 14.9 Å². The molecule has 1 saturated heterocycles. The average molecular weight is 293 g/mol. The normalized spacial score (nSPS) is 22.0. The van der Waals surface area contributed by atoms with Crippen molar-refractivity contribution in [2.24, 2.45) is 0 Å². The van der Waals surface area contributed by atoms with Gasteiger partial charge in [-0.2, -0.15) is 0 Å². The van der Waals surface area contributed by atoms with Gasteiger partial charge < -0.3 is 15.0 Å². The van der Waals surface area contributed by atoms with Gasteiger partial charge in [0.2, 0.25) is 0 Å². The Morgan fingerprint density at radius 2 is 2.19 bits per heavy atom. The van der Waals surface area contributed by atoms with E-state index in [1.165, 1.54) is 12.1 Å². The van der Waals surface area contributed by atoms with E-state index < -0.39 is 4.92 Å². The second-order valence-electron chi connectivity index (χ2n) is 5.19. The molecule has 2 atom stereocenters. The highest BCUT2D eigenvalue weighted by Gasteiger charge is 2.32. The number of amides is 1. The summed E-state index contributed by atoms with van der Waals surface area (Å²) in [5.74, 6) is -0.332. The molecule has 21 heavy (non-hydrogen) atoms. The molecule has 0 aliphatic carbocycles. The number of ether oxygens (including phenoxy) is 1. The van der Waals surface area contributed by atoms with Crippen LogP contribution in [0.25, 0.3) is 0 Å². The molecule has 1 amide bonds. The first-order chi connectivity index (χ1) is 9.93. The van der Waals surface area contributed by atoms with Crippen molar-refractivity contribution in [3.63, 3.8) is 0 Å². The molecule has 1 heterocycles. The minimum atomic E-state index is -0.527. The van der Waals surface area contributed by atoms with Crippen LogP contribution in [0.1, 0.15) is 24.2 Å². The van der Waals surface area contributed by atoms with Crippen molar-refractivity contribution >= 4 is 17.3 Å². The van der Waals surface area contributed by atoms with E-state index in [1.807, 2.05) is 13.8 Å². The molecule has 2 rings (SSSR count). The Bertz CT molecular complexity index is 561. The zero-order valence-electron chi connectivity index (χ0n) is 12.3. The third-order valence-corrected chi connectivity index (χ3v) is 3.58. The maximum atomic E-state index is 12.7. The lowest BCUT2D eigenvalue weighted by atomic mass is 10.1. The SMILES string of the molecule is CNc1ccc([N+](=O)[O-])c(C(=O)N2CC(C)OCC2C)c1. The summed E-state index contributed by atoms with van der Waals surface area (Å²) in [6, 6.07) is 4.35. The molecule has 1 fully saturated rings. The second kappa shape index (κ2) is 6.09. The topological polar surface area (TPSA) is 84.7 Å². The summed E-state index contributed by atoms with van der Waals surface area (Å²) in [6.45, 7) is 4.62. The molecular weight excluding hydrogens is 274 g/mol. The van der Waals surface area contributed by atoms with Crippen molar-refractivity contribution in [3.05, 3.63) is 33.9 Å². The molecule has 1 aliphatic heterocycles. The van der Waals surface area contributed by atoms with Crippen LogP contribution in [0.2, 0.25) is 0 Å². The first kappa shape index (κ1) is 15.2. The molecule has 0 bridgehead atoms. The van der Waals surface area contributed by atoms with Gasteiger partial charge in [0.25, 0.3) is 11.6 Å². The van der Waals surface area contributed by atoms with Crippen LogP contribution in [0.15, 0.2) is 18.2 Å². The number of anilines is 1. The maximum Gasteiger partial charge on any atom is 0.282 e. The number of nitro groups is 1. The number of hydrogen-bond acceptors (Lipinski definition) is 5. The fourth-order valence-electron chi connectivity index (χ4n) is 2.36. The third-order valence-electron chi connectivity index (χ3n) is 3.58. The molecule has 0 saturated carbocycles. The van der Waals surface area contributed by atoms with E-state index in [2.05, 4.69) is 5.32 Å². The number of rotatable bonds is 3. The van der Waals surface area contributed by atoms with Gasteiger partial charge in [0.1, 0.15) is 5.56 Å². The number of nitro benzene ring substituents is 1. The Labute approximate surface area is 123 Å². The van der Waals surface area contributed by atoms with Crippen LogP contribution in [0, 0.1) is 10.1 Å².